The molecule has 316 valence electrons. The molecule has 9 nitrogen and oxygen atoms in total. The van der Waals surface area contributed by atoms with Crippen LogP contribution in [0.15, 0.2) is 102 Å². The monoisotopic (exact) mass is 804 g/mol. The molecule has 3 aromatic carbocycles. The summed E-state index contributed by atoms with van der Waals surface area (Å²) >= 11 is 0. The van der Waals surface area contributed by atoms with Gasteiger partial charge in [0.15, 0.2) is 0 Å². The predicted molar refractivity (Wildman–Crippen MR) is 232 cm³/mol. The Kier molecular flexibility index (Phi) is 13.6. The highest BCUT2D eigenvalue weighted by atomic mass is 16.7. The minimum Gasteiger partial charge on any atom is -0.459 e. The Balaban J connectivity index is 1.40. The van der Waals surface area contributed by atoms with Crippen molar-refractivity contribution < 1.29 is 34.1 Å². The predicted octanol–water partition coefficient (Wildman–Crippen LogP) is 10.2. The highest BCUT2D eigenvalue weighted by Gasteiger charge is 2.65. The van der Waals surface area contributed by atoms with Gasteiger partial charge >= 0.3 is 0 Å². The molecule has 0 spiro atoms. The SMILES string of the molecule is C=CCO[C@@]12Oc3ccc(Oc4ccc(-c5ccccc5)cc4)cc3[C@H]3[C@H](CCCCO)[C@@H](CCCCO)C=C(C(=NOC(C)(C)C)C[C@@H]1N(CCC)C(=O)C1CC1)[C@H]32. The maximum absolute atomic E-state index is 14.4. The zero-order valence-corrected chi connectivity index (χ0v) is 35.5. The summed E-state index contributed by atoms with van der Waals surface area (Å²) in [6.07, 6.45) is 12.0. The van der Waals surface area contributed by atoms with E-state index in [4.69, 9.17) is 24.2 Å². The largest absolute Gasteiger partial charge is 0.459 e. The molecule has 2 N–H and O–H groups in total. The second kappa shape index (κ2) is 18.9. The number of amides is 1. The summed E-state index contributed by atoms with van der Waals surface area (Å²) in [4.78, 5) is 22.7. The standard InChI is InChI=1S/C50H64N2O7/c1-6-27-52(48(55)36-19-20-36)45-33-43(51-59-49(3,4)5)41-31-37(17-11-13-28-53)40(18-12-14-29-54)46-42-32-39(25-26-44(42)58-50(45,47(41)46)56-30-7-2)57-38-23-21-35(22-24-38)34-15-9-8-10-16-34/h7-10,15-16,21-26,31-32,36-37,40,45-47,53-54H,2,6,11-14,17-20,27-30,33H2,1,3-5H3/t37-,40+,45-,46+,47+,50+/m0/s1. The van der Waals surface area contributed by atoms with Crippen LogP contribution in [-0.2, 0) is 14.4 Å². The summed E-state index contributed by atoms with van der Waals surface area (Å²) in [5.41, 5.74) is 4.62. The molecule has 0 saturated heterocycles. The van der Waals surface area contributed by atoms with Gasteiger partial charge in [0.2, 0.25) is 11.7 Å². The lowest BCUT2D eigenvalue weighted by atomic mass is 9.55. The van der Waals surface area contributed by atoms with Crippen LogP contribution in [0.1, 0.15) is 103 Å². The zero-order valence-electron chi connectivity index (χ0n) is 35.5. The second-order valence-corrected chi connectivity index (χ2v) is 17.8. The van der Waals surface area contributed by atoms with Crippen LogP contribution >= 0.6 is 0 Å². The molecule has 2 saturated carbocycles. The van der Waals surface area contributed by atoms with Crippen LogP contribution in [0, 0.1) is 23.7 Å². The molecular weight excluding hydrogens is 741 g/mol. The van der Waals surface area contributed by atoms with Crippen LogP contribution in [0.5, 0.6) is 17.2 Å². The minimum atomic E-state index is -1.25. The number of carbonyl (C=O) groups excluding carboxylic acids is 1. The van der Waals surface area contributed by atoms with E-state index in [2.05, 4.69) is 49.9 Å². The molecule has 1 amide bonds. The number of aliphatic hydroxyl groups is 2. The molecule has 9 heteroatoms. The third kappa shape index (κ3) is 9.48. The Labute approximate surface area is 351 Å². The van der Waals surface area contributed by atoms with Gasteiger partial charge in [0.05, 0.1) is 18.2 Å². The number of nitrogens with zero attached hydrogens (tertiary/aromatic N) is 2. The molecular formula is C50H64N2O7. The molecule has 1 aliphatic heterocycles. The van der Waals surface area contributed by atoms with Crippen LogP contribution in [0.25, 0.3) is 11.1 Å². The Morgan fingerprint density at radius 1 is 0.949 bits per heavy atom. The van der Waals surface area contributed by atoms with Crippen molar-refractivity contribution >= 4 is 11.6 Å². The number of hydrogen-bond acceptors (Lipinski definition) is 8. The van der Waals surface area contributed by atoms with Crippen LogP contribution < -0.4 is 9.47 Å². The number of carbonyl (C=O) groups is 1. The van der Waals surface area contributed by atoms with Crippen molar-refractivity contribution in [3.05, 3.63) is 103 Å². The molecule has 0 radical (unpaired) electrons. The number of oxime groups is 1. The summed E-state index contributed by atoms with van der Waals surface area (Å²) in [5, 5.41) is 24.8. The number of unbranched alkanes of at least 4 members (excludes halogenated alkanes) is 2. The Morgan fingerprint density at radius 2 is 1.64 bits per heavy atom. The van der Waals surface area contributed by atoms with Gasteiger partial charge in [-0.05, 0) is 125 Å². The molecule has 2 fully saturated rings. The first-order valence-electron chi connectivity index (χ1n) is 22.0. The van der Waals surface area contributed by atoms with E-state index in [1.165, 1.54) is 0 Å². The molecule has 3 aromatic rings. The Morgan fingerprint density at radius 3 is 2.31 bits per heavy atom. The Hall–Kier alpha value is -4.44. The first kappa shape index (κ1) is 42.7. The lowest BCUT2D eigenvalue weighted by molar-refractivity contribution is -0.257. The average molecular weight is 805 g/mol. The van der Waals surface area contributed by atoms with Gasteiger partial charge < -0.3 is 34.2 Å². The summed E-state index contributed by atoms with van der Waals surface area (Å²) in [6, 6.07) is 24.1. The number of fused-ring (bicyclic) bond motifs is 2. The van der Waals surface area contributed by atoms with Gasteiger partial charge in [0.25, 0.3) is 0 Å². The van der Waals surface area contributed by atoms with Crippen molar-refractivity contribution in [1.29, 1.82) is 0 Å². The van der Waals surface area contributed by atoms with Crippen molar-refractivity contribution in [3.8, 4) is 28.4 Å². The van der Waals surface area contributed by atoms with E-state index < -0.39 is 17.4 Å². The highest BCUT2D eigenvalue weighted by Crippen LogP contribution is 2.62. The second-order valence-electron chi connectivity index (χ2n) is 17.8. The molecule has 7 rings (SSSR count). The van der Waals surface area contributed by atoms with E-state index in [9.17, 15) is 15.0 Å². The maximum Gasteiger partial charge on any atom is 0.239 e. The molecule has 0 aromatic heterocycles. The van der Waals surface area contributed by atoms with Crippen LogP contribution in [0.4, 0.5) is 0 Å². The molecule has 1 heterocycles. The van der Waals surface area contributed by atoms with Gasteiger partial charge in [0.1, 0.15) is 28.9 Å². The zero-order chi connectivity index (χ0) is 41.6. The fourth-order valence-electron chi connectivity index (χ4n) is 9.61. The van der Waals surface area contributed by atoms with E-state index in [-0.39, 0.29) is 55.3 Å². The molecule has 0 bridgehead atoms. The number of allylic oxidation sites excluding steroid dienone is 1. The smallest absolute Gasteiger partial charge is 0.239 e. The van der Waals surface area contributed by atoms with E-state index in [1.807, 2.05) is 68.1 Å². The highest BCUT2D eigenvalue weighted by molar-refractivity contribution is 6.03. The van der Waals surface area contributed by atoms with Gasteiger partial charge in [-0.3, -0.25) is 4.79 Å². The van der Waals surface area contributed by atoms with E-state index in [0.717, 1.165) is 90.8 Å². The quantitative estimate of drug-likeness (QED) is 0.0705. The summed E-state index contributed by atoms with van der Waals surface area (Å²) in [5.74, 6) is 0.858. The minimum absolute atomic E-state index is 0.00258. The van der Waals surface area contributed by atoms with Gasteiger partial charge in [0, 0.05) is 43.6 Å². The number of ether oxygens (including phenoxy) is 3. The molecule has 3 aliphatic carbocycles. The molecule has 59 heavy (non-hydrogen) atoms. The summed E-state index contributed by atoms with van der Waals surface area (Å²) < 4.78 is 21.1. The van der Waals surface area contributed by atoms with Gasteiger partial charge in [-0.15, -0.1) is 6.58 Å². The first-order valence-corrected chi connectivity index (χ1v) is 22.0. The molecule has 6 atom stereocenters. The van der Waals surface area contributed by atoms with Crippen molar-refractivity contribution in [2.24, 2.45) is 28.8 Å². The third-order valence-electron chi connectivity index (χ3n) is 12.3. The van der Waals surface area contributed by atoms with Gasteiger partial charge in [-0.2, -0.15) is 0 Å². The third-order valence-corrected chi connectivity index (χ3v) is 12.3. The number of rotatable bonds is 19. The molecule has 4 aliphatic rings. The van der Waals surface area contributed by atoms with E-state index >= 15 is 0 Å². The van der Waals surface area contributed by atoms with Crippen molar-refractivity contribution in [2.45, 2.75) is 115 Å². The lowest BCUT2D eigenvalue weighted by Crippen LogP contribution is -2.70. The van der Waals surface area contributed by atoms with E-state index in [0.29, 0.717) is 25.1 Å². The van der Waals surface area contributed by atoms with Gasteiger partial charge in [-0.1, -0.05) is 79.5 Å². The maximum atomic E-state index is 14.4. The Bertz CT molecular complexity index is 1950. The lowest BCUT2D eigenvalue weighted by Gasteiger charge is -2.60. The summed E-state index contributed by atoms with van der Waals surface area (Å²) in [6.45, 7) is 13.2. The van der Waals surface area contributed by atoms with Crippen molar-refractivity contribution in [1.82, 2.24) is 4.90 Å². The number of hydrogen-bond donors (Lipinski definition) is 2. The normalized spacial score (nSPS) is 25.3. The van der Waals surface area contributed by atoms with Crippen molar-refractivity contribution in [3.63, 3.8) is 0 Å². The van der Waals surface area contributed by atoms with E-state index in [1.54, 1.807) is 6.08 Å². The number of aliphatic hydroxyl groups excluding tert-OH is 2. The van der Waals surface area contributed by atoms with Gasteiger partial charge in [-0.25, -0.2) is 0 Å². The fraction of sp³-hybridized carbons (Fsp3) is 0.520. The van der Waals surface area contributed by atoms with Crippen LogP contribution in [-0.4, -0.2) is 70.5 Å². The molecule has 0 unspecified atom stereocenters. The fourth-order valence-corrected chi connectivity index (χ4v) is 9.61. The van der Waals surface area contributed by atoms with Crippen LogP contribution in [0.3, 0.4) is 0 Å². The van der Waals surface area contributed by atoms with Crippen LogP contribution in [0.2, 0.25) is 0 Å². The topological polar surface area (TPSA) is 110 Å². The average Bonchev–Trinajstić information content (AvgIpc) is 4.09. The van der Waals surface area contributed by atoms with Crippen molar-refractivity contribution in [2.75, 3.05) is 26.4 Å². The number of benzene rings is 3. The summed E-state index contributed by atoms with van der Waals surface area (Å²) in [7, 11) is 0. The first-order chi connectivity index (χ1) is 28.6.